The number of rotatable bonds is 1. The highest BCUT2D eigenvalue weighted by Crippen LogP contribution is 2.25. The van der Waals surface area contributed by atoms with E-state index in [1.807, 2.05) is 30.3 Å². The number of aromatic nitrogens is 1. The second-order valence-electron chi connectivity index (χ2n) is 3.62. The zero-order chi connectivity index (χ0) is 11.8. The fourth-order valence-corrected chi connectivity index (χ4v) is 1.63. The first-order valence-corrected chi connectivity index (χ1v) is 5.05. The Morgan fingerprint density at radius 3 is 2.41 bits per heavy atom. The van der Waals surface area contributed by atoms with E-state index < -0.39 is 11.6 Å². The molecule has 3 rings (SSSR count). The molecule has 0 spiro atoms. The highest BCUT2D eigenvalue weighted by Gasteiger charge is 2.11. The van der Waals surface area contributed by atoms with E-state index in [0.717, 1.165) is 17.7 Å². The van der Waals surface area contributed by atoms with Gasteiger partial charge in [0.05, 0.1) is 0 Å². The smallest absolute Gasteiger partial charge is 0.227 e. The highest BCUT2D eigenvalue weighted by molar-refractivity contribution is 5.76. The number of halogens is 2. The number of oxazole rings is 1. The predicted octanol–water partition coefficient (Wildman–Crippen LogP) is 3.77. The molecule has 2 nitrogen and oxygen atoms in total. The standard InChI is InChI=1S/C13H7F2NO/c14-9-6-11-12(7-10(9)15)17-13(16-11)8-4-2-1-3-5-8/h1-7H. The van der Waals surface area contributed by atoms with Gasteiger partial charge in [-0.1, -0.05) is 18.2 Å². The zero-order valence-corrected chi connectivity index (χ0v) is 8.65. The van der Waals surface area contributed by atoms with Crippen LogP contribution in [0.5, 0.6) is 0 Å². The molecule has 0 unspecified atom stereocenters. The topological polar surface area (TPSA) is 26.0 Å². The third-order valence-corrected chi connectivity index (χ3v) is 2.45. The molecule has 4 heteroatoms. The van der Waals surface area contributed by atoms with Crippen LogP contribution in [0.25, 0.3) is 22.6 Å². The predicted molar refractivity (Wildman–Crippen MR) is 59.4 cm³/mol. The fraction of sp³-hybridized carbons (Fsp3) is 0. The summed E-state index contributed by atoms with van der Waals surface area (Å²) in [5.41, 5.74) is 1.31. The zero-order valence-electron chi connectivity index (χ0n) is 8.65. The van der Waals surface area contributed by atoms with Crippen molar-refractivity contribution in [3.63, 3.8) is 0 Å². The Balaban J connectivity index is 2.21. The van der Waals surface area contributed by atoms with Crippen molar-refractivity contribution < 1.29 is 13.2 Å². The molecule has 0 aliphatic rings. The Bertz CT molecular complexity index is 637. The minimum absolute atomic E-state index is 0.239. The Kier molecular flexibility index (Phi) is 2.14. The molecule has 3 aromatic rings. The number of hydrogen-bond donors (Lipinski definition) is 0. The van der Waals surface area contributed by atoms with Crippen LogP contribution in [-0.2, 0) is 0 Å². The maximum absolute atomic E-state index is 13.0. The van der Waals surface area contributed by atoms with Crippen LogP contribution in [0.2, 0.25) is 0 Å². The largest absolute Gasteiger partial charge is 0.436 e. The fourth-order valence-electron chi connectivity index (χ4n) is 1.63. The van der Waals surface area contributed by atoms with Gasteiger partial charge < -0.3 is 4.42 Å². The maximum Gasteiger partial charge on any atom is 0.227 e. The van der Waals surface area contributed by atoms with Crippen molar-refractivity contribution in [2.45, 2.75) is 0 Å². The van der Waals surface area contributed by atoms with Crippen LogP contribution < -0.4 is 0 Å². The van der Waals surface area contributed by atoms with Gasteiger partial charge in [-0.2, -0.15) is 0 Å². The van der Waals surface area contributed by atoms with Crippen LogP contribution in [0.4, 0.5) is 8.78 Å². The molecular formula is C13H7F2NO. The third-order valence-electron chi connectivity index (χ3n) is 2.45. The molecule has 0 N–H and O–H groups in total. The molecule has 0 fully saturated rings. The van der Waals surface area contributed by atoms with Crippen molar-refractivity contribution in [1.82, 2.24) is 4.98 Å². The lowest BCUT2D eigenvalue weighted by molar-refractivity contribution is 0.507. The van der Waals surface area contributed by atoms with Gasteiger partial charge in [-0.15, -0.1) is 0 Å². The Labute approximate surface area is 95.5 Å². The Hall–Kier alpha value is -2.23. The van der Waals surface area contributed by atoms with Gasteiger partial charge in [0.15, 0.2) is 17.2 Å². The van der Waals surface area contributed by atoms with E-state index in [1.165, 1.54) is 0 Å². The molecule has 1 heterocycles. The number of benzene rings is 2. The van der Waals surface area contributed by atoms with Crippen molar-refractivity contribution in [3.05, 3.63) is 54.1 Å². The lowest BCUT2D eigenvalue weighted by atomic mass is 10.2. The number of hydrogen-bond acceptors (Lipinski definition) is 2. The van der Waals surface area contributed by atoms with E-state index in [4.69, 9.17) is 4.42 Å². The Morgan fingerprint density at radius 1 is 0.941 bits per heavy atom. The van der Waals surface area contributed by atoms with Crippen LogP contribution in [0.15, 0.2) is 46.9 Å². The second-order valence-corrected chi connectivity index (χ2v) is 3.62. The van der Waals surface area contributed by atoms with E-state index in [1.54, 1.807) is 0 Å². The molecule has 0 bridgehead atoms. The van der Waals surface area contributed by atoms with Crippen LogP contribution in [0.1, 0.15) is 0 Å². The van der Waals surface area contributed by atoms with Gasteiger partial charge in [0.25, 0.3) is 0 Å². The van der Waals surface area contributed by atoms with Gasteiger partial charge in [0.2, 0.25) is 5.89 Å². The minimum Gasteiger partial charge on any atom is -0.436 e. The van der Waals surface area contributed by atoms with Crippen LogP contribution in [-0.4, -0.2) is 4.98 Å². The lowest BCUT2D eigenvalue weighted by Crippen LogP contribution is -1.81. The van der Waals surface area contributed by atoms with E-state index >= 15 is 0 Å². The summed E-state index contributed by atoms with van der Waals surface area (Å²) in [5.74, 6) is -1.51. The monoisotopic (exact) mass is 231 g/mol. The van der Waals surface area contributed by atoms with Crippen molar-refractivity contribution in [2.24, 2.45) is 0 Å². The van der Waals surface area contributed by atoms with Gasteiger partial charge in [-0.05, 0) is 12.1 Å². The summed E-state index contributed by atoms with van der Waals surface area (Å²) in [6, 6.07) is 11.2. The SMILES string of the molecule is Fc1cc2nc(-c3ccccc3)oc2cc1F. The molecule has 1 aromatic heterocycles. The van der Waals surface area contributed by atoms with E-state index in [-0.39, 0.29) is 5.58 Å². The molecule has 2 aromatic carbocycles. The summed E-state index contributed by atoms with van der Waals surface area (Å²) in [7, 11) is 0. The molecule has 0 radical (unpaired) electrons. The van der Waals surface area contributed by atoms with E-state index in [0.29, 0.717) is 11.4 Å². The van der Waals surface area contributed by atoms with Gasteiger partial charge in [0, 0.05) is 17.7 Å². The quantitative estimate of drug-likeness (QED) is 0.637. The summed E-state index contributed by atoms with van der Waals surface area (Å²) in [4.78, 5) is 4.11. The van der Waals surface area contributed by atoms with Gasteiger partial charge in [0.1, 0.15) is 5.52 Å². The van der Waals surface area contributed by atoms with E-state index in [2.05, 4.69) is 4.98 Å². The third kappa shape index (κ3) is 1.67. The van der Waals surface area contributed by atoms with Gasteiger partial charge >= 0.3 is 0 Å². The molecule has 0 amide bonds. The minimum atomic E-state index is -0.937. The molecule has 17 heavy (non-hydrogen) atoms. The first kappa shape index (κ1) is 9.96. The molecular weight excluding hydrogens is 224 g/mol. The van der Waals surface area contributed by atoms with Crippen LogP contribution >= 0.6 is 0 Å². The molecule has 0 saturated carbocycles. The Morgan fingerprint density at radius 2 is 1.65 bits per heavy atom. The summed E-state index contributed by atoms with van der Waals surface area (Å²) in [6.45, 7) is 0. The lowest BCUT2D eigenvalue weighted by Gasteiger charge is -1.91. The summed E-state index contributed by atoms with van der Waals surface area (Å²) in [5, 5.41) is 0. The first-order chi connectivity index (χ1) is 8.24. The average molecular weight is 231 g/mol. The number of fused-ring (bicyclic) bond motifs is 1. The summed E-state index contributed by atoms with van der Waals surface area (Å²) < 4.78 is 31.4. The van der Waals surface area contributed by atoms with Crippen molar-refractivity contribution in [2.75, 3.05) is 0 Å². The van der Waals surface area contributed by atoms with Crippen molar-refractivity contribution >= 4 is 11.1 Å². The average Bonchev–Trinajstić information content (AvgIpc) is 2.74. The molecule has 0 atom stereocenters. The normalized spacial score (nSPS) is 10.9. The second kappa shape index (κ2) is 3.66. The first-order valence-electron chi connectivity index (χ1n) is 5.05. The highest BCUT2D eigenvalue weighted by atomic mass is 19.2. The molecule has 84 valence electrons. The van der Waals surface area contributed by atoms with Gasteiger partial charge in [-0.25, -0.2) is 13.8 Å². The maximum atomic E-state index is 13.0. The van der Waals surface area contributed by atoms with E-state index in [9.17, 15) is 8.78 Å². The summed E-state index contributed by atoms with van der Waals surface area (Å²) in [6.07, 6.45) is 0. The van der Waals surface area contributed by atoms with Crippen LogP contribution in [0, 0.1) is 11.6 Å². The molecule has 0 aliphatic carbocycles. The molecule has 0 saturated heterocycles. The van der Waals surface area contributed by atoms with Crippen LogP contribution in [0.3, 0.4) is 0 Å². The van der Waals surface area contributed by atoms with Crippen molar-refractivity contribution in [3.8, 4) is 11.5 Å². The van der Waals surface area contributed by atoms with Gasteiger partial charge in [-0.3, -0.25) is 0 Å². The molecule has 0 aliphatic heterocycles. The summed E-state index contributed by atoms with van der Waals surface area (Å²) >= 11 is 0. The number of nitrogens with zero attached hydrogens (tertiary/aromatic N) is 1. The van der Waals surface area contributed by atoms with Crippen molar-refractivity contribution in [1.29, 1.82) is 0 Å².